The molecule has 1 aromatic rings. The zero-order valence-corrected chi connectivity index (χ0v) is 10.0. The highest BCUT2D eigenvalue weighted by molar-refractivity contribution is 5.95. The molecule has 0 aliphatic rings. The molecule has 1 aromatic heterocycles. The molecule has 1 rings (SSSR count). The molecule has 0 spiro atoms. The summed E-state index contributed by atoms with van der Waals surface area (Å²) < 4.78 is 0. The summed E-state index contributed by atoms with van der Waals surface area (Å²) in [6.07, 6.45) is 2.65. The van der Waals surface area contributed by atoms with Crippen LogP contribution in [0.15, 0.2) is 23.3 Å². The van der Waals surface area contributed by atoms with Crippen LogP contribution in [0, 0.1) is 0 Å². The predicted octanol–water partition coefficient (Wildman–Crippen LogP) is 0.388. The molecule has 0 aliphatic carbocycles. The number of rotatable bonds is 3. The quantitative estimate of drug-likeness (QED) is 0.522. The molecule has 6 nitrogen and oxygen atoms in total. The first kappa shape index (κ1) is 13.0. The number of primary amides is 1. The maximum Gasteiger partial charge on any atom is 0.318 e. The lowest BCUT2D eigenvalue weighted by atomic mass is 10.1. The summed E-state index contributed by atoms with van der Waals surface area (Å²) in [7, 11) is 1.57. The number of hydrogen-bond acceptors (Lipinski definition) is 3. The van der Waals surface area contributed by atoms with E-state index in [4.69, 9.17) is 5.73 Å². The van der Waals surface area contributed by atoms with Gasteiger partial charge in [-0.25, -0.2) is 4.79 Å². The number of urea groups is 1. The molecule has 0 radical (unpaired) electrons. The second kappa shape index (κ2) is 6.47. The first-order valence-electron chi connectivity index (χ1n) is 5.37. The number of carbonyl (C=O) groups excluding carboxylic acids is 1. The van der Waals surface area contributed by atoms with E-state index >= 15 is 0 Å². The van der Waals surface area contributed by atoms with Gasteiger partial charge in [-0.3, -0.25) is 15.3 Å². The molecule has 1 heterocycles. The Morgan fingerprint density at radius 3 is 2.94 bits per heavy atom. The molecule has 0 unspecified atom stereocenters. The lowest BCUT2D eigenvalue weighted by Crippen LogP contribution is -2.43. The zero-order valence-electron chi connectivity index (χ0n) is 10.0. The van der Waals surface area contributed by atoms with Crippen LogP contribution in [0.25, 0.3) is 0 Å². The van der Waals surface area contributed by atoms with Crippen LogP contribution in [0.4, 0.5) is 4.79 Å². The number of guanidine groups is 1. The van der Waals surface area contributed by atoms with Crippen LogP contribution < -0.4 is 16.4 Å². The summed E-state index contributed by atoms with van der Waals surface area (Å²) in [5, 5.41) is 5.35. The number of carbonyl (C=O) groups is 1. The van der Waals surface area contributed by atoms with Gasteiger partial charge in [0.2, 0.25) is 0 Å². The third-order valence-electron chi connectivity index (χ3n) is 2.25. The number of hydrogen-bond donors (Lipinski definition) is 3. The van der Waals surface area contributed by atoms with Crippen LogP contribution >= 0.6 is 0 Å². The Labute approximate surface area is 100 Å². The molecule has 0 bridgehead atoms. The molecule has 0 aliphatic heterocycles. The number of nitrogens with zero attached hydrogens (tertiary/aromatic N) is 2. The Hall–Kier alpha value is -2.11. The van der Waals surface area contributed by atoms with Gasteiger partial charge in [0.15, 0.2) is 5.96 Å². The Balaban J connectivity index is 2.63. The average molecular weight is 235 g/mol. The molecular formula is C11H17N5O. The van der Waals surface area contributed by atoms with Crippen molar-refractivity contribution in [2.45, 2.75) is 19.9 Å². The fourth-order valence-electron chi connectivity index (χ4n) is 1.42. The van der Waals surface area contributed by atoms with Gasteiger partial charge in [-0.1, -0.05) is 13.0 Å². The number of nitrogens with one attached hydrogen (secondary N) is 2. The number of nitrogens with two attached hydrogens (primary N) is 1. The molecule has 92 valence electrons. The van der Waals surface area contributed by atoms with Gasteiger partial charge < -0.3 is 11.1 Å². The van der Waals surface area contributed by atoms with Crippen molar-refractivity contribution < 1.29 is 4.79 Å². The normalized spacial score (nSPS) is 11.1. The van der Waals surface area contributed by atoms with E-state index in [9.17, 15) is 4.79 Å². The highest BCUT2D eigenvalue weighted by Gasteiger charge is 2.04. The lowest BCUT2D eigenvalue weighted by Gasteiger charge is -2.10. The SMILES string of the molecule is CCc1cccnc1CNC(=NC)NC(N)=O. The summed E-state index contributed by atoms with van der Waals surface area (Å²) in [5.74, 6) is 0.338. The van der Waals surface area contributed by atoms with Crippen molar-refractivity contribution in [2.75, 3.05) is 7.05 Å². The van der Waals surface area contributed by atoms with Gasteiger partial charge in [0.25, 0.3) is 0 Å². The molecule has 0 fully saturated rings. The van der Waals surface area contributed by atoms with Crippen molar-refractivity contribution in [3.63, 3.8) is 0 Å². The van der Waals surface area contributed by atoms with Crippen molar-refractivity contribution in [1.82, 2.24) is 15.6 Å². The van der Waals surface area contributed by atoms with E-state index in [2.05, 4.69) is 27.5 Å². The van der Waals surface area contributed by atoms with E-state index < -0.39 is 6.03 Å². The molecule has 0 atom stereocenters. The zero-order chi connectivity index (χ0) is 12.7. The van der Waals surface area contributed by atoms with Crippen LogP contribution in [0.3, 0.4) is 0 Å². The minimum Gasteiger partial charge on any atom is -0.351 e. The van der Waals surface area contributed by atoms with Crippen molar-refractivity contribution >= 4 is 12.0 Å². The number of aliphatic imine (C=N–C) groups is 1. The Morgan fingerprint density at radius 2 is 2.35 bits per heavy atom. The van der Waals surface area contributed by atoms with Gasteiger partial charge in [-0.15, -0.1) is 0 Å². The first-order chi connectivity index (χ1) is 8.17. The van der Waals surface area contributed by atoms with Gasteiger partial charge in [0.05, 0.1) is 12.2 Å². The summed E-state index contributed by atoms with van der Waals surface area (Å²) in [6, 6.07) is 3.28. The van der Waals surface area contributed by atoms with Crippen LogP contribution in [0.5, 0.6) is 0 Å². The molecule has 2 amide bonds. The molecule has 6 heteroatoms. The largest absolute Gasteiger partial charge is 0.351 e. The first-order valence-corrected chi connectivity index (χ1v) is 5.37. The van der Waals surface area contributed by atoms with Gasteiger partial charge in [-0.05, 0) is 18.1 Å². The minimum absolute atomic E-state index is 0.338. The fraction of sp³-hybridized carbons (Fsp3) is 0.364. The van der Waals surface area contributed by atoms with Crippen LogP contribution in [0.1, 0.15) is 18.2 Å². The van der Waals surface area contributed by atoms with Crippen LogP contribution in [0.2, 0.25) is 0 Å². The van der Waals surface area contributed by atoms with Crippen molar-refractivity contribution in [2.24, 2.45) is 10.7 Å². The summed E-state index contributed by atoms with van der Waals surface area (Å²) >= 11 is 0. The van der Waals surface area contributed by atoms with E-state index in [1.165, 1.54) is 0 Å². The summed E-state index contributed by atoms with van der Waals surface area (Å²) in [6.45, 7) is 2.56. The van der Waals surface area contributed by atoms with E-state index in [-0.39, 0.29) is 0 Å². The second-order valence-electron chi connectivity index (χ2n) is 3.38. The number of aryl methyl sites for hydroxylation is 1. The smallest absolute Gasteiger partial charge is 0.318 e. The van der Waals surface area contributed by atoms with Crippen molar-refractivity contribution in [1.29, 1.82) is 0 Å². The lowest BCUT2D eigenvalue weighted by molar-refractivity contribution is 0.253. The predicted molar refractivity (Wildman–Crippen MR) is 66.5 cm³/mol. The van der Waals surface area contributed by atoms with Crippen molar-refractivity contribution in [3.8, 4) is 0 Å². The molecule has 0 aromatic carbocycles. The van der Waals surface area contributed by atoms with Crippen molar-refractivity contribution in [3.05, 3.63) is 29.6 Å². The maximum atomic E-state index is 10.7. The molecule has 17 heavy (non-hydrogen) atoms. The number of aromatic nitrogens is 1. The van der Waals surface area contributed by atoms with E-state index in [0.29, 0.717) is 12.5 Å². The Bertz CT molecular complexity index is 416. The molecule has 0 saturated heterocycles. The summed E-state index contributed by atoms with van der Waals surface area (Å²) in [5.41, 5.74) is 7.10. The maximum absolute atomic E-state index is 10.7. The van der Waals surface area contributed by atoms with Crippen LogP contribution in [-0.4, -0.2) is 24.0 Å². The van der Waals surface area contributed by atoms with E-state index in [0.717, 1.165) is 17.7 Å². The van der Waals surface area contributed by atoms with Gasteiger partial charge >= 0.3 is 6.03 Å². The molecular weight excluding hydrogens is 218 g/mol. The van der Waals surface area contributed by atoms with E-state index in [1.54, 1.807) is 13.2 Å². The third-order valence-corrected chi connectivity index (χ3v) is 2.25. The summed E-state index contributed by atoms with van der Waals surface area (Å²) in [4.78, 5) is 18.8. The Morgan fingerprint density at radius 1 is 1.59 bits per heavy atom. The van der Waals surface area contributed by atoms with Gasteiger partial charge in [-0.2, -0.15) is 0 Å². The second-order valence-corrected chi connectivity index (χ2v) is 3.38. The highest BCUT2D eigenvalue weighted by atomic mass is 16.2. The Kier molecular flexibility index (Phi) is 4.93. The third kappa shape index (κ3) is 4.10. The fourth-order valence-corrected chi connectivity index (χ4v) is 1.42. The average Bonchev–Trinajstić information content (AvgIpc) is 2.34. The van der Waals surface area contributed by atoms with Crippen LogP contribution in [-0.2, 0) is 13.0 Å². The standard InChI is InChI=1S/C11H17N5O/c1-3-8-5-4-6-14-9(8)7-15-11(13-2)16-10(12)17/h4-6H,3,7H2,1-2H3,(H4,12,13,15,16,17). The number of pyridine rings is 1. The topological polar surface area (TPSA) is 92.4 Å². The van der Waals surface area contributed by atoms with E-state index in [1.807, 2.05) is 12.1 Å². The molecule has 0 saturated carbocycles. The molecule has 4 N–H and O–H groups in total. The number of amides is 2. The highest BCUT2D eigenvalue weighted by Crippen LogP contribution is 2.05. The van der Waals surface area contributed by atoms with Gasteiger partial charge in [0, 0.05) is 13.2 Å². The van der Waals surface area contributed by atoms with Gasteiger partial charge in [0.1, 0.15) is 0 Å². The minimum atomic E-state index is -0.644. The monoisotopic (exact) mass is 235 g/mol.